The van der Waals surface area contributed by atoms with E-state index in [2.05, 4.69) is 39.4 Å². The Hall–Kier alpha value is -3.25. The SMILES string of the molecule is C=C(/C=c1/c(C2Cc3c(ccnc3-c3ccc(F)cc3)N2)n[nH]/c1=C/C)C1CCNCC1. The Morgan fingerprint density at radius 3 is 2.69 bits per heavy atom. The fraction of sp³-hybridized carbons (Fsp3) is 0.308. The van der Waals surface area contributed by atoms with Gasteiger partial charge in [-0.25, -0.2) is 4.39 Å². The molecule has 0 saturated carbocycles. The van der Waals surface area contributed by atoms with Crippen LogP contribution in [0.15, 0.2) is 48.7 Å². The molecule has 32 heavy (non-hydrogen) atoms. The van der Waals surface area contributed by atoms with Gasteiger partial charge in [0.05, 0.1) is 22.8 Å². The van der Waals surface area contributed by atoms with Crippen molar-refractivity contribution in [3.05, 3.63) is 76.3 Å². The highest BCUT2D eigenvalue weighted by Gasteiger charge is 2.28. The second kappa shape index (κ2) is 8.71. The van der Waals surface area contributed by atoms with E-state index >= 15 is 0 Å². The van der Waals surface area contributed by atoms with Gasteiger partial charge in [0.25, 0.3) is 0 Å². The molecule has 1 saturated heterocycles. The van der Waals surface area contributed by atoms with Crippen LogP contribution < -0.4 is 21.2 Å². The van der Waals surface area contributed by atoms with Gasteiger partial charge in [-0.15, -0.1) is 0 Å². The van der Waals surface area contributed by atoms with Crippen LogP contribution in [0.25, 0.3) is 23.4 Å². The summed E-state index contributed by atoms with van der Waals surface area (Å²) in [4.78, 5) is 4.61. The Kier molecular flexibility index (Phi) is 5.62. The molecular weight excluding hydrogens is 401 g/mol. The van der Waals surface area contributed by atoms with E-state index in [4.69, 9.17) is 5.10 Å². The summed E-state index contributed by atoms with van der Waals surface area (Å²) in [6.07, 6.45) is 9.08. The summed E-state index contributed by atoms with van der Waals surface area (Å²) in [7, 11) is 0. The van der Waals surface area contributed by atoms with E-state index < -0.39 is 0 Å². The number of aromatic nitrogens is 3. The average molecular weight is 430 g/mol. The maximum Gasteiger partial charge on any atom is 0.123 e. The Labute approximate surface area is 187 Å². The number of piperidine rings is 1. The standard InChI is InChI=1S/C26H28FN5/c1-3-22-20(14-16(2)17-8-11-28-12-9-17)26(32-31-22)24-15-21-23(30-24)10-13-29-25(21)18-4-6-19(27)7-5-18/h3-7,10,13-14,17,24,28,30-31H,2,8-9,11-12,15H2,1H3/b20-14+,22-3+. The van der Waals surface area contributed by atoms with Crippen LogP contribution >= 0.6 is 0 Å². The number of hydrogen-bond donors (Lipinski definition) is 3. The predicted octanol–water partition coefficient (Wildman–Crippen LogP) is 3.46. The molecule has 3 N–H and O–H groups in total. The molecule has 1 fully saturated rings. The van der Waals surface area contributed by atoms with E-state index in [1.54, 1.807) is 18.3 Å². The van der Waals surface area contributed by atoms with Gasteiger partial charge < -0.3 is 10.6 Å². The van der Waals surface area contributed by atoms with Crippen molar-refractivity contribution in [3.8, 4) is 11.3 Å². The van der Waals surface area contributed by atoms with Crippen molar-refractivity contribution in [3.63, 3.8) is 0 Å². The van der Waals surface area contributed by atoms with Crippen molar-refractivity contribution in [2.75, 3.05) is 18.4 Å². The van der Waals surface area contributed by atoms with Crippen LogP contribution in [0.4, 0.5) is 10.1 Å². The number of anilines is 1. The van der Waals surface area contributed by atoms with Crippen molar-refractivity contribution in [1.82, 2.24) is 20.5 Å². The normalized spacial score (nSPS) is 19.8. The van der Waals surface area contributed by atoms with Crippen molar-refractivity contribution in [2.45, 2.75) is 32.2 Å². The van der Waals surface area contributed by atoms with Crippen molar-refractivity contribution in [1.29, 1.82) is 0 Å². The third kappa shape index (κ3) is 3.86. The number of nitrogens with zero attached hydrogens (tertiary/aromatic N) is 2. The third-order valence-electron chi connectivity index (χ3n) is 6.59. The zero-order valence-electron chi connectivity index (χ0n) is 18.3. The van der Waals surface area contributed by atoms with Crippen LogP contribution in [0.5, 0.6) is 0 Å². The molecule has 5 nitrogen and oxygen atoms in total. The predicted molar refractivity (Wildman–Crippen MR) is 127 cm³/mol. The van der Waals surface area contributed by atoms with Gasteiger partial charge in [0.1, 0.15) is 5.82 Å². The number of rotatable bonds is 4. The summed E-state index contributed by atoms with van der Waals surface area (Å²) >= 11 is 0. The molecule has 3 aromatic rings. The lowest BCUT2D eigenvalue weighted by Gasteiger charge is -2.23. The zero-order chi connectivity index (χ0) is 22.1. The van der Waals surface area contributed by atoms with E-state index in [9.17, 15) is 4.39 Å². The minimum absolute atomic E-state index is 0.0328. The molecule has 5 rings (SSSR count). The van der Waals surface area contributed by atoms with Gasteiger partial charge in [0.2, 0.25) is 0 Å². The molecule has 0 amide bonds. The van der Waals surface area contributed by atoms with E-state index in [0.717, 1.165) is 71.1 Å². The van der Waals surface area contributed by atoms with Crippen LogP contribution in [-0.4, -0.2) is 28.3 Å². The molecule has 0 radical (unpaired) electrons. The molecular formula is C26H28FN5. The minimum atomic E-state index is -0.244. The summed E-state index contributed by atoms with van der Waals surface area (Å²) < 4.78 is 13.4. The lowest BCUT2D eigenvalue weighted by molar-refractivity contribution is 0.428. The number of allylic oxidation sites excluding steroid dienone is 1. The molecule has 164 valence electrons. The first-order valence-corrected chi connectivity index (χ1v) is 11.3. The van der Waals surface area contributed by atoms with E-state index in [0.29, 0.717) is 5.92 Å². The number of halogens is 1. The van der Waals surface area contributed by atoms with Crippen molar-refractivity contribution >= 4 is 17.8 Å². The van der Waals surface area contributed by atoms with Crippen LogP contribution in [0, 0.1) is 11.7 Å². The van der Waals surface area contributed by atoms with Gasteiger partial charge in [-0.05, 0) is 75.2 Å². The highest BCUT2D eigenvalue weighted by Crippen LogP contribution is 2.37. The van der Waals surface area contributed by atoms with Crippen LogP contribution in [0.3, 0.4) is 0 Å². The second-order valence-corrected chi connectivity index (χ2v) is 8.56. The van der Waals surface area contributed by atoms with Crippen LogP contribution in [-0.2, 0) is 6.42 Å². The molecule has 6 heteroatoms. The molecule has 1 atom stereocenters. The van der Waals surface area contributed by atoms with Gasteiger partial charge in [-0.2, -0.15) is 5.10 Å². The van der Waals surface area contributed by atoms with Crippen LogP contribution in [0.1, 0.15) is 37.1 Å². The number of aromatic amines is 1. The lowest BCUT2D eigenvalue weighted by atomic mass is 9.90. The Balaban J connectivity index is 1.49. The van der Waals surface area contributed by atoms with Crippen molar-refractivity contribution in [2.24, 2.45) is 5.92 Å². The molecule has 4 heterocycles. The number of nitrogens with one attached hydrogen (secondary N) is 3. The Morgan fingerprint density at radius 1 is 1.16 bits per heavy atom. The maximum atomic E-state index is 13.4. The number of H-pyrrole nitrogens is 1. The molecule has 1 unspecified atom stereocenters. The molecule has 0 aliphatic carbocycles. The van der Waals surface area contributed by atoms with Crippen LogP contribution in [0.2, 0.25) is 0 Å². The third-order valence-corrected chi connectivity index (χ3v) is 6.59. The van der Waals surface area contributed by atoms with E-state index in [-0.39, 0.29) is 11.9 Å². The quantitative estimate of drug-likeness (QED) is 0.594. The van der Waals surface area contributed by atoms with E-state index in [1.807, 2.05) is 13.0 Å². The summed E-state index contributed by atoms with van der Waals surface area (Å²) in [5, 5.41) is 17.1. The summed E-state index contributed by atoms with van der Waals surface area (Å²) in [6.45, 7) is 8.51. The van der Waals surface area contributed by atoms with Gasteiger partial charge in [-0.3, -0.25) is 10.1 Å². The molecule has 2 aromatic heterocycles. The lowest BCUT2D eigenvalue weighted by Crippen LogP contribution is -2.31. The van der Waals surface area contributed by atoms with E-state index in [1.165, 1.54) is 17.7 Å². The summed E-state index contributed by atoms with van der Waals surface area (Å²) in [6, 6.07) is 8.56. The maximum absolute atomic E-state index is 13.4. The van der Waals surface area contributed by atoms with Gasteiger partial charge >= 0.3 is 0 Å². The smallest absolute Gasteiger partial charge is 0.123 e. The Bertz CT molecular complexity index is 1250. The summed E-state index contributed by atoms with van der Waals surface area (Å²) in [5.41, 5.74) is 6.16. The summed E-state index contributed by atoms with van der Waals surface area (Å²) in [5.74, 6) is 0.262. The average Bonchev–Trinajstić information content (AvgIpc) is 3.43. The molecule has 0 spiro atoms. The zero-order valence-corrected chi connectivity index (χ0v) is 18.3. The topological polar surface area (TPSA) is 65.6 Å². The molecule has 1 aromatic carbocycles. The van der Waals surface area contributed by atoms with Crippen molar-refractivity contribution < 1.29 is 4.39 Å². The fourth-order valence-corrected chi connectivity index (χ4v) is 4.81. The monoisotopic (exact) mass is 429 g/mol. The molecule has 2 aliphatic rings. The number of benzene rings is 1. The molecule has 2 aliphatic heterocycles. The minimum Gasteiger partial charge on any atom is -0.376 e. The van der Waals surface area contributed by atoms with Gasteiger partial charge in [0.15, 0.2) is 0 Å². The Morgan fingerprint density at radius 2 is 1.94 bits per heavy atom. The van der Waals surface area contributed by atoms with Gasteiger partial charge in [-0.1, -0.05) is 18.2 Å². The number of hydrogen-bond acceptors (Lipinski definition) is 4. The first kappa shape index (κ1) is 20.6. The van der Waals surface area contributed by atoms with Gasteiger partial charge in [0, 0.05) is 34.7 Å². The first-order valence-electron chi connectivity index (χ1n) is 11.3. The number of pyridine rings is 1. The molecule has 0 bridgehead atoms. The highest BCUT2D eigenvalue weighted by molar-refractivity contribution is 5.73. The second-order valence-electron chi connectivity index (χ2n) is 8.56. The first-order chi connectivity index (χ1) is 15.6. The number of fused-ring (bicyclic) bond motifs is 1. The largest absolute Gasteiger partial charge is 0.376 e. The highest BCUT2D eigenvalue weighted by atomic mass is 19.1. The fourth-order valence-electron chi connectivity index (χ4n) is 4.81.